The maximum atomic E-state index is 12.6. The molecule has 22 heavy (non-hydrogen) atoms. The van der Waals surface area contributed by atoms with Gasteiger partial charge in [0.05, 0.1) is 16.3 Å². The van der Waals surface area contributed by atoms with Crippen LogP contribution in [0.5, 0.6) is 0 Å². The molecule has 3 rings (SSSR count). The fourth-order valence-corrected chi connectivity index (χ4v) is 3.79. The zero-order chi connectivity index (χ0) is 15.6. The van der Waals surface area contributed by atoms with E-state index in [0.29, 0.717) is 5.69 Å². The summed E-state index contributed by atoms with van der Waals surface area (Å²) in [5.74, 6) is 0. The van der Waals surface area contributed by atoms with Crippen LogP contribution < -0.4 is 9.62 Å². The van der Waals surface area contributed by atoms with Crippen LogP contribution in [0.1, 0.15) is 18.4 Å². The Balaban J connectivity index is 1.90. The average Bonchev–Trinajstić information content (AvgIpc) is 3.02. The number of para-hydroxylation sites is 2. The summed E-state index contributed by atoms with van der Waals surface area (Å²) in [6.45, 7) is 3.89. The van der Waals surface area contributed by atoms with Crippen molar-refractivity contribution in [2.24, 2.45) is 0 Å². The molecule has 0 radical (unpaired) electrons. The molecule has 1 fully saturated rings. The Bertz CT molecular complexity index is 748. The second-order valence-corrected chi connectivity index (χ2v) is 7.31. The van der Waals surface area contributed by atoms with Crippen LogP contribution in [0.3, 0.4) is 0 Å². The van der Waals surface area contributed by atoms with Crippen molar-refractivity contribution in [1.29, 1.82) is 0 Å². The highest BCUT2D eigenvalue weighted by atomic mass is 32.2. The van der Waals surface area contributed by atoms with Crippen LogP contribution in [0.2, 0.25) is 0 Å². The van der Waals surface area contributed by atoms with Crippen molar-refractivity contribution in [3.63, 3.8) is 0 Å². The van der Waals surface area contributed by atoms with Gasteiger partial charge in [-0.1, -0.05) is 29.8 Å². The van der Waals surface area contributed by atoms with E-state index in [9.17, 15) is 8.42 Å². The van der Waals surface area contributed by atoms with E-state index in [-0.39, 0.29) is 4.90 Å². The lowest BCUT2D eigenvalue weighted by atomic mass is 10.2. The third-order valence-corrected chi connectivity index (χ3v) is 5.31. The van der Waals surface area contributed by atoms with Gasteiger partial charge in [-0.05, 0) is 44.0 Å². The van der Waals surface area contributed by atoms with Crippen molar-refractivity contribution in [2.45, 2.75) is 24.7 Å². The van der Waals surface area contributed by atoms with Gasteiger partial charge in [0.15, 0.2) is 0 Å². The summed E-state index contributed by atoms with van der Waals surface area (Å²) < 4.78 is 27.8. The second kappa shape index (κ2) is 6.01. The quantitative estimate of drug-likeness (QED) is 0.940. The van der Waals surface area contributed by atoms with Gasteiger partial charge in [0.2, 0.25) is 0 Å². The molecule has 0 bridgehead atoms. The van der Waals surface area contributed by atoms with Gasteiger partial charge in [-0.25, -0.2) is 8.42 Å². The maximum absolute atomic E-state index is 12.6. The van der Waals surface area contributed by atoms with E-state index in [0.717, 1.165) is 37.2 Å². The van der Waals surface area contributed by atoms with Gasteiger partial charge in [0, 0.05) is 13.1 Å². The Labute approximate surface area is 131 Å². The topological polar surface area (TPSA) is 49.4 Å². The van der Waals surface area contributed by atoms with Gasteiger partial charge < -0.3 is 4.90 Å². The molecule has 1 heterocycles. The predicted molar refractivity (Wildman–Crippen MR) is 89.9 cm³/mol. The summed E-state index contributed by atoms with van der Waals surface area (Å²) in [6.07, 6.45) is 2.30. The number of benzene rings is 2. The van der Waals surface area contributed by atoms with E-state index in [2.05, 4.69) is 9.62 Å². The lowest BCUT2D eigenvalue weighted by Crippen LogP contribution is -2.21. The number of hydrogen-bond donors (Lipinski definition) is 1. The minimum atomic E-state index is -3.56. The van der Waals surface area contributed by atoms with Crippen LogP contribution in [0.15, 0.2) is 53.4 Å². The second-order valence-electron chi connectivity index (χ2n) is 5.63. The SMILES string of the molecule is Cc1ccc(S(=O)(=O)Nc2ccccc2N2CCCC2)cc1. The van der Waals surface area contributed by atoms with E-state index in [1.807, 2.05) is 31.2 Å². The smallest absolute Gasteiger partial charge is 0.261 e. The first kappa shape index (κ1) is 14.9. The largest absolute Gasteiger partial charge is 0.370 e. The summed E-state index contributed by atoms with van der Waals surface area (Å²) in [6, 6.07) is 14.5. The number of rotatable bonds is 4. The molecule has 1 N–H and O–H groups in total. The molecular formula is C17H20N2O2S. The van der Waals surface area contributed by atoms with Crippen LogP contribution in [0.25, 0.3) is 0 Å². The van der Waals surface area contributed by atoms with E-state index >= 15 is 0 Å². The standard InChI is InChI=1S/C17H20N2O2S/c1-14-8-10-15(11-9-14)22(20,21)18-16-6-2-3-7-17(16)19-12-4-5-13-19/h2-3,6-11,18H,4-5,12-13H2,1H3. The van der Waals surface area contributed by atoms with E-state index < -0.39 is 10.0 Å². The monoisotopic (exact) mass is 316 g/mol. The molecule has 1 saturated heterocycles. The van der Waals surface area contributed by atoms with Crippen molar-refractivity contribution >= 4 is 21.4 Å². The number of aryl methyl sites for hydroxylation is 1. The molecule has 116 valence electrons. The number of nitrogens with zero attached hydrogens (tertiary/aromatic N) is 1. The summed E-state index contributed by atoms with van der Waals surface area (Å²) in [7, 11) is -3.56. The van der Waals surface area contributed by atoms with Crippen molar-refractivity contribution in [1.82, 2.24) is 0 Å². The minimum absolute atomic E-state index is 0.286. The fourth-order valence-electron chi connectivity index (χ4n) is 2.71. The average molecular weight is 316 g/mol. The number of sulfonamides is 1. The Hall–Kier alpha value is -2.01. The molecule has 4 nitrogen and oxygen atoms in total. The highest BCUT2D eigenvalue weighted by molar-refractivity contribution is 7.92. The van der Waals surface area contributed by atoms with Crippen molar-refractivity contribution in [3.8, 4) is 0 Å². The van der Waals surface area contributed by atoms with Gasteiger partial charge in [-0.3, -0.25) is 4.72 Å². The fraction of sp³-hybridized carbons (Fsp3) is 0.294. The molecule has 0 unspecified atom stereocenters. The third-order valence-electron chi connectivity index (χ3n) is 3.93. The van der Waals surface area contributed by atoms with Crippen LogP contribution >= 0.6 is 0 Å². The van der Waals surface area contributed by atoms with Crippen LogP contribution in [-0.4, -0.2) is 21.5 Å². The molecule has 0 atom stereocenters. The van der Waals surface area contributed by atoms with Gasteiger partial charge >= 0.3 is 0 Å². The van der Waals surface area contributed by atoms with Gasteiger partial charge in [-0.2, -0.15) is 0 Å². The number of anilines is 2. The molecule has 0 spiro atoms. The first-order chi connectivity index (χ1) is 10.6. The molecular weight excluding hydrogens is 296 g/mol. The zero-order valence-electron chi connectivity index (χ0n) is 12.6. The molecule has 0 aromatic heterocycles. The number of hydrogen-bond acceptors (Lipinski definition) is 3. The van der Waals surface area contributed by atoms with Crippen molar-refractivity contribution < 1.29 is 8.42 Å². The summed E-state index contributed by atoms with van der Waals surface area (Å²) in [5, 5.41) is 0. The normalized spacial score (nSPS) is 15.0. The zero-order valence-corrected chi connectivity index (χ0v) is 13.4. The predicted octanol–water partition coefficient (Wildman–Crippen LogP) is 3.40. The van der Waals surface area contributed by atoms with Crippen LogP contribution in [0.4, 0.5) is 11.4 Å². The summed E-state index contributed by atoms with van der Waals surface area (Å²) >= 11 is 0. The van der Waals surface area contributed by atoms with E-state index in [1.165, 1.54) is 0 Å². The van der Waals surface area contributed by atoms with Crippen LogP contribution in [-0.2, 0) is 10.0 Å². The Kier molecular flexibility index (Phi) is 4.07. The Morgan fingerprint density at radius 1 is 0.955 bits per heavy atom. The highest BCUT2D eigenvalue weighted by Gasteiger charge is 2.19. The minimum Gasteiger partial charge on any atom is -0.370 e. The molecule has 0 amide bonds. The van der Waals surface area contributed by atoms with Crippen molar-refractivity contribution in [2.75, 3.05) is 22.7 Å². The van der Waals surface area contributed by atoms with Gasteiger partial charge in [-0.15, -0.1) is 0 Å². The number of nitrogens with one attached hydrogen (secondary N) is 1. The first-order valence-corrected chi connectivity index (χ1v) is 8.98. The lowest BCUT2D eigenvalue weighted by Gasteiger charge is -2.21. The highest BCUT2D eigenvalue weighted by Crippen LogP contribution is 2.30. The lowest BCUT2D eigenvalue weighted by molar-refractivity contribution is 0.601. The Morgan fingerprint density at radius 3 is 2.27 bits per heavy atom. The molecule has 5 heteroatoms. The van der Waals surface area contributed by atoms with Gasteiger partial charge in [0.25, 0.3) is 10.0 Å². The molecule has 0 saturated carbocycles. The van der Waals surface area contributed by atoms with Crippen LogP contribution in [0, 0.1) is 6.92 Å². The van der Waals surface area contributed by atoms with Gasteiger partial charge in [0.1, 0.15) is 0 Å². The maximum Gasteiger partial charge on any atom is 0.261 e. The molecule has 1 aliphatic rings. The first-order valence-electron chi connectivity index (χ1n) is 7.50. The Morgan fingerprint density at radius 2 is 1.59 bits per heavy atom. The molecule has 1 aliphatic heterocycles. The molecule has 0 aliphatic carbocycles. The van der Waals surface area contributed by atoms with Crippen molar-refractivity contribution in [3.05, 3.63) is 54.1 Å². The van der Waals surface area contributed by atoms with E-state index in [1.54, 1.807) is 24.3 Å². The summed E-state index contributed by atoms with van der Waals surface area (Å²) in [4.78, 5) is 2.52. The van der Waals surface area contributed by atoms with E-state index in [4.69, 9.17) is 0 Å². The third kappa shape index (κ3) is 3.09. The molecule has 2 aromatic rings. The molecule has 2 aromatic carbocycles. The summed E-state index contributed by atoms with van der Waals surface area (Å²) in [5.41, 5.74) is 2.64.